The molecule has 1 aliphatic rings. The van der Waals surface area contributed by atoms with Crippen LogP contribution in [0.2, 0.25) is 0 Å². The van der Waals surface area contributed by atoms with Gasteiger partial charge >= 0.3 is 0 Å². The lowest BCUT2D eigenvalue weighted by molar-refractivity contribution is -0.133. The molecule has 6 heteroatoms. The van der Waals surface area contributed by atoms with E-state index in [1.54, 1.807) is 6.20 Å². The van der Waals surface area contributed by atoms with Crippen molar-refractivity contribution < 1.29 is 9.63 Å². The number of nitrogens with one attached hydrogen (secondary N) is 1. The van der Waals surface area contributed by atoms with Crippen molar-refractivity contribution in [2.24, 2.45) is 11.1 Å². The van der Waals surface area contributed by atoms with E-state index in [1.165, 1.54) is 0 Å². The monoisotopic (exact) mass is 332 g/mol. The highest BCUT2D eigenvalue weighted by molar-refractivity contribution is 5.88. The topological polar surface area (TPSA) is 66.8 Å². The van der Waals surface area contributed by atoms with Gasteiger partial charge in [0.15, 0.2) is 6.61 Å². The smallest absolute Gasteiger partial charge is 0.239 e. The van der Waals surface area contributed by atoms with Crippen molar-refractivity contribution in [2.45, 2.75) is 45.8 Å². The Bertz CT molecular complexity index is 535. The molecule has 1 aromatic rings. The number of carbonyl (C=O) groups is 1. The van der Waals surface area contributed by atoms with E-state index >= 15 is 0 Å². The van der Waals surface area contributed by atoms with E-state index in [2.05, 4.69) is 29.3 Å². The highest BCUT2D eigenvalue weighted by Crippen LogP contribution is 2.13. The standard InChI is InChI=1S/C18H28N4O2/c1-14(2)12-17(19-3)18(23)22-10-7-15(8-11-22)21-24-13-16-6-4-5-9-20-16/h4-6,9,14,17,19H,7-8,10-13H2,1-3H3. The van der Waals surface area contributed by atoms with Crippen LogP contribution in [0.1, 0.15) is 38.8 Å². The Labute approximate surface area is 144 Å². The van der Waals surface area contributed by atoms with Crippen molar-refractivity contribution in [3.63, 3.8) is 0 Å². The Morgan fingerprint density at radius 1 is 1.38 bits per heavy atom. The van der Waals surface area contributed by atoms with Crippen molar-refractivity contribution in [3.8, 4) is 0 Å². The number of likely N-dealkylation sites (tertiary alicyclic amines) is 1. The van der Waals surface area contributed by atoms with Gasteiger partial charge in [-0.3, -0.25) is 9.78 Å². The number of aromatic nitrogens is 1. The average Bonchev–Trinajstić information content (AvgIpc) is 2.60. The summed E-state index contributed by atoms with van der Waals surface area (Å²) in [5.74, 6) is 0.688. The van der Waals surface area contributed by atoms with Gasteiger partial charge in [-0.05, 0) is 31.5 Å². The molecule has 1 N–H and O–H groups in total. The van der Waals surface area contributed by atoms with Gasteiger partial charge in [-0.15, -0.1) is 0 Å². The molecule has 1 atom stereocenters. The van der Waals surface area contributed by atoms with Gasteiger partial charge < -0.3 is 15.1 Å². The first-order chi connectivity index (χ1) is 11.6. The Hall–Kier alpha value is -1.95. The molecule has 1 aromatic heterocycles. The lowest BCUT2D eigenvalue weighted by atomic mass is 10.0. The summed E-state index contributed by atoms with van der Waals surface area (Å²) in [6.07, 6.45) is 4.14. The van der Waals surface area contributed by atoms with E-state index in [0.29, 0.717) is 25.6 Å². The number of carbonyl (C=O) groups excluding carboxylic acids is 1. The van der Waals surface area contributed by atoms with E-state index in [0.717, 1.165) is 30.7 Å². The Morgan fingerprint density at radius 2 is 2.12 bits per heavy atom. The number of amides is 1. The molecule has 0 aliphatic carbocycles. The third-order valence-corrected chi connectivity index (χ3v) is 4.14. The van der Waals surface area contributed by atoms with Crippen LogP contribution in [0, 0.1) is 5.92 Å². The van der Waals surface area contributed by atoms with E-state index in [1.807, 2.05) is 30.1 Å². The van der Waals surface area contributed by atoms with E-state index in [-0.39, 0.29) is 11.9 Å². The first kappa shape index (κ1) is 18.4. The minimum Gasteiger partial charge on any atom is -0.389 e. The zero-order valence-corrected chi connectivity index (χ0v) is 14.9. The number of rotatable bonds is 7. The fraction of sp³-hybridized carbons (Fsp3) is 0.611. The van der Waals surface area contributed by atoms with Crippen LogP contribution >= 0.6 is 0 Å². The predicted molar refractivity (Wildman–Crippen MR) is 94.6 cm³/mol. The van der Waals surface area contributed by atoms with Crippen molar-refractivity contribution in [2.75, 3.05) is 20.1 Å². The molecule has 0 spiro atoms. The van der Waals surface area contributed by atoms with Crippen LogP contribution in [0.4, 0.5) is 0 Å². The molecule has 132 valence electrons. The molecule has 1 amide bonds. The van der Waals surface area contributed by atoms with Crippen LogP contribution in [-0.2, 0) is 16.2 Å². The maximum Gasteiger partial charge on any atom is 0.239 e. The van der Waals surface area contributed by atoms with Crippen molar-refractivity contribution in [1.29, 1.82) is 0 Å². The molecule has 2 rings (SSSR count). The van der Waals surface area contributed by atoms with Gasteiger partial charge in [0, 0.05) is 32.1 Å². The van der Waals surface area contributed by atoms with E-state index < -0.39 is 0 Å². The van der Waals surface area contributed by atoms with Gasteiger partial charge in [0.25, 0.3) is 0 Å². The molecule has 0 saturated carbocycles. The van der Waals surface area contributed by atoms with Gasteiger partial charge in [-0.2, -0.15) is 0 Å². The van der Waals surface area contributed by atoms with Crippen LogP contribution in [0.3, 0.4) is 0 Å². The summed E-state index contributed by atoms with van der Waals surface area (Å²) in [5, 5.41) is 7.35. The van der Waals surface area contributed by atoms with Gasteiger partial charge in [0.1, 0.15) is 0 Å². The first-order valence-corrected chi connectivity index (χ1v) is 8.63. The molecular weight excluding hydrogens is 304 g/mol. The summed E-state index contributed by atoms with van der Waals surface area (Å²) < 4.78 is 0. The van der Waals surface area contributed by atoms with Crippen LogP contribution < -0.4 is 5.32 Å². The van der Waals surface area contributed by atoms with Gasteiger partial charge in [0.2, 0.25) is 5.91 Å². The number of likely N-dealkylation sites (N-methyl/N-ethyl adjacent to an activating group) is 1. The quantitative estimate of drug-likeness (QED) is 0.778. The molecule has 24 heavy (non-hydrogen) atoms. The zero-order valence-electron chi connectivity index (χ0n) is 14.9. The summed E-state index contributed by atoms with van der Waals surface area (Å²) in [6.45, 7) is 6.07. The zero-order chi connectivity index (χ0) is 17.4. The summed E-state index contributed by atoms with van der Waals surface area (Å²) >= 11 is 0. The summed E-state index contributed by atoms with van der Waals surface area (Å²) in [5.41, 5.74) is 1.87. The van der Waals surface area contributed by atoms with E-state index in [4.69, 9.17) is 4.84 Å². The van der Waals surface area contributed by atoms with Crippen LogP contribution in [0.15, 0.2) is 29.6 Å². The second kappa shape index (κ2) is 9.37. The maximum absolute atomic E-state index is 12.6. The predicted octanol–water partition coefficient (Wildman–Crippen LogP) is 2.21. The number of oxime groups is 1. The van der Waals surface area contributed by atoms with Crippen molar-refractivity contribution in [3.05, 3.63) is 30.1 Å². The van der Waals surface area contributed by atoms with Gasteiger partial charge in [-0.1, -0.05) is 25.1 Å². The fourth-order valence-corrected chi connectivity index (χ4v) is 2.78. The number of pyridine rings is 1. The van der Waals surface area contributed by atoms with Gasteiger partial charge in [-0.25, -0.2) is 0 Å². The highest BCUT2D eigenvalue weighted by Gasteiger charge is 2.26. The third kappa shape index (κ3) is 5.60. The molecule has 2 heterocycles. The molecule has 1 aliphatic heterocycles. The van der Waals surface area contributed by atoms with Crippen molar-refractivity contribution >= 4 is 11.6 Å². The minimum atomic E-state index is -0.0936. The van der Waals surface area contributed by atoms with Crippen LogP contribution in [0.5, 0.6) is 0 Å². The average molecular weight is 332 g/mol. The van der Waals surface area contributed by atoms with E-state index in [9.17, 15) is 4.79 Å². The largest absolute Gasteiger partial charge is 0.389 e. The number of nitrogens with zero attached hydrogens (tertiary/aromatic N) is 3. The Morgan fingerprint density at radius 3 is 2.71 bits per heavy atom. The second-order valence-electron chi connectivity index (χ2n) is 6.55. The fourth-order valence-electron chi connectivity index (χ4n) is 2.78. The van der Waals surface area contributed by atoms with Gasteiger partial charge in [0.05, 0.1) is 17.4 Å². The maximum atomic E-state index is 12.6. The molecule has 1 fully saturated rings. The highest BCUT2D eigenvalue weighted by atomic mass is 16.6. The molecule has 1 saturated heterocycles. The van der Waals surface area contributed by atoms with Crippen LogP contribution in [-0.4, -0.2) is 47.7 Å². The molecule has 0 bridgehead atoms. The summed E-state index contributed by atoms with van der Waals surface area (Å²) in [4.78, 5) is 24.1. The molecule has 1 unspecified atom stereocenters. The molecule has 0 aromatic carbocycles. The third-order valence-electron chi connectivity index (χ3n) is 4.14. The number of hydrogen-bond acceptors (Lipinski definition) is 5. The molecular formula is C18H28N4O2. The first-order valence-electron chi connectivity index (χ1n) is 8.63. The lowest BCUT2D eigenvalue weighted by Crippen LogP contribution is -2.48. The normalized spacial score (nSPS) is 16.2. The Kier molecular flexibility index (Phi) is 7.18. The van der Waals surface area contributed by atoms with Crippen molar-refractivity contribution in [1.82, 2.24) is 15.2 Å². The number of hydrogen-bond donors (Lipinski definition) is 1. The SMILES string of the molecule is CNC(CC(C)C)C(=O)N1CCC(=NOCc2ccccn2)CC1. The Balaban J connectivity index is 1.78. The number of piperidine rings is 1. The second-order valence-corrected chi connectivity index (χ2v) is 6.55. The lowest BCUT2D eigenvalue weighted by Gasteiger charge is -2.31. The molecule has 6 nitrogen and oxygen atoms in total. The minimum absolute atomic E-state index is 0.0936. The van der Waals surface area contributed by atoms with Crippen LogP contribution in [0.25, 0.3) is 0 Å². The summed E-state index contributed by atoms with van der Waals surface area (Å²) in [7, 11) is 1.85. The summed E-state index contributed by atoms with van der Waals surface area (Å²) in [6, 6.07) is 5.62. The molecule has 0 radical (unpaired) electrons.